The molecule has 4 aromatic carbocycles. The summed E-state index contributed by atoms with van der Waals surface area (Å²) in [6.07, 6.45) is -2.14. The van der Waals surface area contributed by atoms with E-state index in [1.165, 1.54) is 74.9 Å². The van der Waals surface area contributed by atoms with E-state index in [1.807, 2.05) is 0 Å². The molecule has 0 radical (unpaired) electrons. The Balaban J connectivity index is 1.57. The molecule has 214 valence electrons. The van der Waals surface area contributed by atoms with Gasteiger partial charge in [-0.3, -0.25) is 9.59 Å². The summed E-state index contributed by atoms with van der Waals surface area (Å²) < 4.78 is 23.3. The molecule has 10 heteroatoms. The van der Waals surface area contributed by atoms with E-state index in [1.54, 1.807) is 12.1 Å². The van der Waals surface area contributed by atoms with Crippen LogP contribution < -0.4 is 18.9 Å². The minimum Gasteiger partial charge on any atom is -0.508 e. The lowest BCUT2D eigenvalue weighted by Gasteiger charge is -2.42. The number of ether oxygens (including phenoxy) is 4. The monoisotopic (exact) mass is 570 g/mol. The van der Waals surface area contributed by atoms with Crippen LogP contribution in [-0.4, -0.2) is 46.2 Å². The normalized spacial score (nSPS) is 21.0. The number of Topliss-reactive ketones (excluding diaryl/α,β-unsaturated/α-hetero) is 2. The number of rotatable bonds is 5. The predicted octanol–water partition coefficient (Wildman–Crippen LogP) is 5.09. The molecule has 4 N–H and O–H groups in total. The standard InChI is InChI=1S/C32H26O10/c1-39-25-11-15(3-9-21(25)35)31-27(29(37)19-7-5-17(33)13-23(19)41-31)28-30(38)20-8-6-18(34)14-24(20)42-32(28)16-4-10-22(36)26(12-16)40-2/h3-14,27-28,31-36H,1-2H3/t27-,28+,31+,32-. The molecule has 0 fully saturated rings. The van der Waals surface area contributed by atoms with Crippen LogP contribution in [0, 0.1) is 11.8 Å². The van der Waals surface area contributed by atoms with E-state index in [4.69, 9.17) is 18.9 Å². The van der Waals surface area contributed by atoms with Gasteiger partial charge in [0.2, 0.25) is 0 Å². The van der Waals surface area contributed by atoms with Gasteiger partial charge in [-0.2, -0.15) is 0 Å². The molecule has 6 rings (SSSR count). The molecule has 0 spiro atoms. The number of carbonyl (C=O) groups excluding carboxylic acids is 2. The highest BCUT2D eigenvalue weighted by atomic mass is 16.5. The zero-order chi connectivity index (χ0) is 29.7. The van der Waals surface area contributed by atoms with Crippen molar-refractivity contribution >= 4 is 11.6 Å². The SMILES string of the molecule is COc1cc([C@H]2Oc3cc(O)ccc3C(=O)[C@@H]2[C@@H]2C(=O)c3ccc(O)cc3O[C@H]2c2ccc(O)c(OC)c2)ccc1O. The third kappa shape index (κ3) is 4.37. The molecule has 0 bridgehead atoms. The highest BCUT2D eigenvalue weighted by molar-refractivity contribution is 6.09. The summed E-state index contributed by atoms with van der Waals surface area (Å²) in [4.78, 5) is 28.7. The van der Waals surface area contributed by atoms with E-state index in [0.717, 1.165) is 0 Å². The Kier molecular flexibility index (Phi) is 6.53. The highest BCUT2D eigenvalue weighted by Crippen LogP contribution is 2.52. The fraction of sp³-hybridized carbons (Fsp3) is 0.188. The maximum atomic E-state index is 14.3. The highest BCUT2D eigenvalue weighted by Gasteiger charge is 2.52. The van der Waals surface area contributed by atoms with Crippen LogP contribution >= 0.6 is 0 Å². The molecule has 0 saturated carbocycles. The smallest absolute Gasteiger partial charge is 0.174 e. The van der Waals surface area contributed by atoms with Crippen molar-refractivity contribution < 1.29 is 49.0 Å². The molecular formula is C32H26O10. The largest absolute Gasteiger partial charge is 0.508 e. The van der Waals surface area contributed by atoms with E-state index >= 15 is 0 Å². The van der Waals surface area contributed by atoms with Crippen molar-refractivity contribution in [2.45, 2.75) is 12.2 Å². The number of hydrogen-bond donors (Lipinski definition) is 4. The van der Waals surface area contributed by atoms with E-state index in [2.05, 4.69) is 0 Å². The van der Waals surface area contributed by atoms with Crippen LogP contribution in [0.4, 0.5) is 0 Å². The lowest BCUT2D eigenvalue weighted by atomic mass is 9.70. The van der Waals surface area contributed by atoms with Crippen LogP contribution in [-0.2, 0) is 0 Å². The van der Waals surface area contributed by atoms with Gasteiger partial charge < -0.3 is 39.4 Å². The van der Waals surface area contributed by atoms with Crippen molar-refractivity contribution in [2.75, 3.05) is 14.2 Å². The molecule has 0 aromatic heterocycles. The number of methoxy groups -OCH3 is 2. The second-order valence-corrected chi connectivity index (χ2v) is 10.1. The molecule has 0 saturated heterocycles. The second kappa shape index (κ2) is 10.2. The maximum absolute atomic E-state index is 14.3. The molecule has 0 aliphatic carbocycles. The Morgan fingerprint density at radius 2 is 0.976 bits per heavy atom. The molecule has 2 aliphatic rings. The van der Waals surface area contributed by atoms with Crippen molar-refractivity contribution in [3.05, 3.63) is 95.1 Å². The number of benzene rings is 4. The van der Waals surface area contributed by atoms with Crippen LogP contribution in [0.15, 0.2) is 72.8 Å². The maximum Gasteiger partial charge on any atom is 0.174 e. The number of carbonyl (C=O) groups is 2. The number of hydrogen-bond acceptors (Lipinski definition) is 10. The molecule has 42 heavy (non-hydrogen) atoms. The van der Waals surface area contributed by atoms with Crippen LogP contribution in [0.5, 0.6) is 46.0 Å². The number of ketones is 2. The summed E-state index contributed by atoms with van der Waals surface area (Å²) in [6, 6.07) is 17.2. The van der Waals surface area contributed by atoms with E-state index in [9.17, 15) is 30.0 Å². The minimum absolute atomic E-state index is 0.109. The molecule has 0 unspecified atom stereocenters. The third-order valence-corrected chi connectivity index (χ3v) is 7.68. The minimum atomic E-state index is -1.16. The Morgan fingerprint density at radius 3 is 1.36 bits per heavy atom. The van der Waals surface area contributed by atoms with E-state index in [0.29, 0.717) is 11.1 Å². The van der Waals surface area contributed by atoms with Crippen LogP contribution in [0.25, 0.3) is 0 Å². The molecule has 0 amide bonds. The average molecular weight is 571 g/mol. The molecular weight excluding hydrogens is 544 g/mol. The molecule has 4 aromatic rings. The average Bonchev–Trinajstić information content (AvgIpc) is 2.98. The zero-order valence-corrected chi connectivity index (χ0v) is 22.5. The van der Waals surface area contributed by atoms with Crippen molar-refractivity contribution in [2.24, 2.45) is 11.8 Å². The number of phenolic OH excluding ortho intramolecular Hbond substituents is 4. The first kappa shape index (κ1) is 26.8. The van der Waals surface area contributed by atoms with Gasteiger partial charge in [0.25, 0.3) is 0 Å². The van der Waals surface area contributed by atoms with Gasteiger partial charge in [0.05, 0.1) is 37.2 Å². The van der Waals surface area contributed by atoms with Crippen molar-refractivity contribution in [1.29, 1.82) is 0 Å². The van der Waals surface area contributed by atoms with Crippen molar-refractivity contribution in [1.82, 2.24) is 0 Å². The van der Waals surface area contributed by atoms with Gasteiger partial charge in [-0.05, 0) is 59.7 Å². The Bertz CT molecular complexity index is 1600. The van der Waals surface area contributed by atoms with Gasteiger partial charge in [0.15, 0.2) is 34.6 Å². The van der Waals surface area contributed by atoms with Crippen molar-refractivity contribution in [3.8, 4) is 46.0 Å². The van der Waals surface area contributed by atoms with Crippen molar-refractivity contribution in [3.63, 3.8) is 0 Å². The molecule has 10 nitrogen and oxygen atoms in total. The summed E-state index contributed by atoms with van der Waals surface area (Å²) in [6.45, 7) is 0. The van der Waals surface area contributed by atoms with E-state index in [-0.39, 0.29) is 57.1 Å². The van der Waals surface area contributed by atoms with Crippen LogP contribution in [0.3, 0.4) is 0 Å². The summed E-state index contributed by atoms with van der Waals surface area (Å²) in [7, 11) is 2.77. The lowest BCUT2D eigenvalue weighted by molar-refractivity contribution is 0.0135. The Hall–Kier alpha value is -5.38. The van der Waals surface area contributed by atoms with Gasteiger partial charge in [-0.15, -0.1) is 0 Å². The number of aromatic hydroxyl groups is 4. The van der Waals surface area contributed by atoms with Gasteiger partial charge >= 0.3 is 0 Å². The Labute approximate surface area is 239 Å². The van der Waals surface area contributed by atoms with E-state index < -0.39 is 35.6 Å². The second-order valence-electron chi connectivity index (χ2n) is 10.1. The first-order chi connectivity index (χ1) is 20.2. The summed E-state index contributed by atoms with van der Waals surface area (Å²) in [5.74, 6) is -3.10. The zero-order valence-electron chi connectivity index (χ0n) is 22.5. The number of phenols is 4. The first-order valence-corrected chi connectivity index (χ1v) is 13.0. The summed E-state index contributed by atoms with van der Waals surface area (Å²) >= 11 is 0. The fourth-order valence-electron chi connectivity index (χ4n) is 5.67. The van der Waals surface area contributed by atoms with Crippen LogP contribution in [0.1, 0.15) is 44.1 Å². The predicted molar refractivity (Wildman–Crippen MR) is 148 cm³/mol. The van der Waals surface area contributed by atoms with Gasteiger partial charge in [0.1, 0.15) is 35.2 Å². The Morgan fingerprint density at radius 1 is 0.571 bits per heavy atom. The summed E-state index contributed by atoms with van der Waals surface area (Å²) in [5, 5.41) is 40.7. The third-order valence-electron chi connectivity index (χ3n) is 7.68. The van der Waals surface area contributed by atoms with Gasteiger partial charge in [0, 0.05) is 12.1 Å². The molecule has 2 aliphatic heterocycles. The van der Waals surface area contributed by atoms with Gasteiger partial charge in [-0.25, -0.2) is 0 Å². The topological polar surface area (TPSA) is 152 Å². The molecule has 2 heterocycles. The summed E-state index contributed by atoms with van der Waals surface area (Å²) in [5.41, 5.74) is 1.21. The lowest BCUT2D eigenvalue weighted by Crippen LogP contribution is -2.45. The fourth-order valence-corrected chi connectivity index (χ4v) is 5.67. The molecule has 4 atom stereocenters. The van der Waals surface area contributed by atoms with Crippen LogP contribution in [0.2, 0.25) is 0 Å². The number of fused-ring (bicyclic) bond motifs is 2. The quantitative estimate of drug-likeness (QED) is 0.255. The first-order valence-electron chi connectivity index (χ1n) is 13.0. The van der Waals surface area contributed by atoms with Gasteiger partial charge in [-0.1, -0.05) is 12.1 Å².